The number of alkyl carbamates (subject to hydrolysis) is 2. The Bertz CT molecular complexity index is 1050. The van der Waals surface area contributed by atoms with Gasteiger partial charge in [-0.2, -0.15) is 0 Å². The highest BCUT2D eigenvalue weighted by atomic mass is 16.6. The molecule has 0 fully saturated rings. The fourth-order valence-corrected chi connectivity index (χ4v) is 3.14. The van der Waals surface area contributed by atoms with Crippen molar-refractivity contribution < 1.29 is 38.6 Å². The summed E-state index contributed by atoms with van der Waals surface area (Å²) >= 11 is 0. The first-order valence-electron chi connectivity index (χ1n) is 12.0. The first-order chi connectivity index (χ1) is 18.3. The predicted octanol–water partition coefficient (Wildman–Crippen LogP) is 1.70. The van der Waals surface area contributed by atoms with Gasteiger partial charge in [0.25, 0.3) is 0 Å². The molecule has 5 N–H and O–H groups in total. The van der Waals surface area contributed by atoms with Crippen LogP contribution in [0.15, 0.2) is 60.7 Å². The average Bonchev–Trinajstić information content (AvgIpc) is 2.92. The number of unbranched alkanes of at least 4 members (excludes halogenated alkanes) is 1. The lowest BCUT2D eigenvalue weighted by Gasteiger charge is -2.18. The van der Waals surface area contributed by atoms with E-state index in [-0.39, 0.29) is 26.2 Å². The second kappa shape index (κ2) is 17.0. The maximum atomic E-state index is 12.6. The lowest BCUT2D eigenvalue weighted by Crippen LogP contribution is -2.49. The molecule has 204 valence electrons. The monoisotopic (exact) mass is 528 g/mol. The minimum atomic E-state index is -1.22. The Morgan fingerprint density at radius 2 is 1.29 bits per heavy atom. The van der Waals surface area contributed by atoms with Gasteiger partial charge in [-0.15, -0.1) is 0 Å². The van der Waals surface area contributed by atoms with Crippen LogP contribution in [-0.4, -0.2) is 60.8 Å². The van der Waals surface area contributed by atoms with Crippen molar-refractivity contribution in [2.45, 2.75) is 38.5 Å². The molecule has 0 aliphatic rings. The predicted molar refractivity (Wildman–Crippen MR) is 136 cm³/mol. The Morgan fingerprint density at radius 3 is 1.87 bits per heavy atom. The molecule has 12 nitrogen and oxygen atoms in total. The molecule has 0 aliphatic heterocycles. The van der Waals surface area contributed by atoms with Crippen molar-refractivity contribution in [1.82, 2.24) is 21.3 Å². The van der Waals surface area contributed by atoms with Gasteiger partial charge >= 0.3 is 18.2 Å². The van der Waals surface area contributed by atoms with E-state index in [0.29, 0.717) is 12.8 Å². The van der Waals surface area contributed by atoms with Gasteiger partial charge in [0.05, 0.1) is 6.54 Å². The van der Waals surface area contributed by atoms with Crippen molar-refractivity contribution in [1.29, 1.82) is 0 Å². The van der Waals surface area contributed by atoms with Crippen molar-refractivity contribution in [2.75, 3.05) is 19.6 Å². The number of hydrogen-bond acceptors (Lipinski definition) is 7. The number of rotatable bonds is 15. The minimum absolute atomic E-state index is 0.00756. The Labute approximate surface area is 220 Å². The second-order valence-corrected chi connectivity index (χ2v) is 8.13. The number of nitrogens with one attached hydrogen (secondary N) is 4. The normalized spacial score (nSPS) is 10.9. The smallest absolute Gasteiger partial charge is 0.408 e. The number of benzene rings is 2. The Morgan fingerprint density at radius 1 is 0.711 bits per heavy atom. The van der Waals surface area contributed by atoms with Gasteiger partial charge in [0.1, 0.15) is 25.8 Å². The molecular formula is C26H32N4O8. The van der Waals surface area contributed by atoms with E-state index in [1.54, 1.807) is 24.3 Å². The summed E-state index contributed by atoms with van der Waals surface area (Å²) in [6.45, 7) is -0.600. The maximum absolute atomic E-state index is 12.6. The molecular weight excluding hydrogens is 496 g/mol. The second-order valence-electron chi connectivity index (χ2n) is 8.13. The summed E-state index contributed by atoms with van der Waals surface area (Å²) in [5.41, 5.74) is 1.63. The van der Waals surface area contributed by atoms with Crippen molar-refractivity contribution in [3.63, 3.8) is 0 Å². The highest BCUT2D eigenvalue weighted by Crippen LogP contribution is 2.05. The summed E-state index contributed by atoms with van der Waals surface area (Å²) in [4.78, 5) is 59.0. The quantitative estimate of drug-likeness (QED) is 0.217. The molecule has 0 saturated heterocycles. The van der Waals surface area contributed by atoms with E-state index in [9.17, 15) is 24.0 Å². The number of carboxylic acid groups (broad SMARTS) is 1. The molecule has 0 heterocycles. The molecule has 1 atom stereocenters. The van der Waals surface area contributed by atoms with Crippen LogP contribution in [-0.2, 0) is 37.1 Å². The number of carbonyl (C=O) groups is 5. The summed E-state index contributed by atoms with van der Waals surface area (Å²) in [5.74, 6) is -2.55. The van der Waals surface area contributed by atoms with Gasteiger partial charge in [0.15, 0.2) is 0 Å². The molecule has 0 spiro atoms. The van der Waals surface area contributed by atoms with Gasteiger partial charge in [-0.25, -0.2) is 9.59 Å². The van der Waals surface area contributed by atoms with Crippen LogP contribution in [0.2, 0.25) is 0 Å². The highest BCUT2D eigenvalue weighted by molar-refractivity contribution is 5.90. The maximum Gasteiger partial charge on any atom is 0.408 e. The van der Waals surface area contributed by atoms with Crippen LogP contribution in [0.4, 0.5) is 9.59 Å². The van der Waals surface area contributed by atoms with E-state index in [4.69, 9.17) is 14.6 Å². The van der Waals surface area contributed by atoms with E-state index in [2.05, 4.69) is 21.3 Å². The van der Waals surface area contributed by atoms with Gasteiger partial charge in [0, 0.05) is 6.54 Å². The average molecular weight is 529 g/mol. The van der Waals surface area contributed by atoms with Crippen molar-refractivity contribution in [3.05, 3.63) is 71.8 Å². The zero-order valence-electron chi connectivity index (χ0n) is 20.8. The van der Waals surface area contributed by atoms with Crippen LogP contribution in [0.25, 0.3) is 0 Å². The zero-order chi connectivity index (χ0) is 27.6. The molecule has 0 bridgehead atoms. The largest absolute Gasteiger partial charge is 0.480 e. The fraction of sp³-hybridized carbons (Fsp3) is 0.346. The Balaban J connectivity index is 1.77. The van der Waals surface area contributed by atoms with Crippen LogP contribution >= 0.6 is 0 Å². The number of aliphatic carboxylic acids is 1. The third-order valence-corrected chi connectivity index (χ3v) is 5.08. The third-order valence-electron chi connectivity index (χ3n) is 5.08. The molecule has 4 amide bonds. The Hall–Kier alpha value is -4.61. The number of carboxylic acids is 1. The standard InChI is InChI=1S/C26H32N4O8/c31-22(28-16-23(32)33)15-29-24(34)21(30-26(36)38-18-20-11-5-2-6-12-20)13-7-8-14-27-25(35)37-17-19-9-3-1-4-10-19/h1-6,9-12,21H,7-8,13-18H2,(H,27,35)(H,28,31)(H,29,34)(H,30,36)(H,32,33)/t21-/m0/s1. The van der Waals surface area contributed by atoms with Gasteiger partial charge in [-0.1, -0.05) is 60.7 Å². The number of carbonyl (C=O) groups excluding carboxylic acids is 4. The third kappa shape index (κ3) is 12.9. The van der Waals surface area contributed by atoms with Crippen molar-refractivity contribution in [3.8, 4) is 0 Å². The zero-order valence-corrected chi connectivity index (χ0v) is 20.8. The van der Waals surface area contributed by atoms with E-state index in [1.807, 2.05) is 36.4 Å². The lowest BCUT2D eigenvalue weighted by molar-refractivity contribution is -0.137. The molecule has 2 aromatic carbocycles. The Kier molecular flexibility index (Phi) is 13.2. The number of ether oxygens (including phenoxy) is 2. The summed E-state index contributed by atoms with van der Waals surface area (Å²) in [6.07, 6.45) is -0.250. The first-order valence-corrected chi connectivity index (χ1v) is 12.0. The first kappa shape index (κ1) is 29.6. The molecule has 2 rings (SSSR count). The number of hydrogen-bond donors (Lipinski definition) is 5. The molecule has 2 aromatic rings. The minimum Gasteiger partial charge on any atom is -0.480 e. The van der Waals surface area contributed by atoms with Crippen LogP contribution in [0.3, 0.4) is 0 Å². The summed E-state index contributed by atoms with van der Waals surface area (Å²) < 4.78 is 10.3. The molecule has 0 radical (unpaired) electrons. The van der Waals surface area contributed by atoms with E-state index < -0.39 is 49.1 Å². The SMILES string of the molecule is O=C(O)CNC(=O)CNC(=O)[C@H](CCCCNC(=O)OCc1ccccc1)NC(=O)OCc1ccccc1. The van der Waals surface area contributed by atoms with Crippen molar-refractivity contribution in [2.24, 2.45) is 0 Å². The molecule has 0 unspecified atom stereocenters. The van der Waals surface area contributed by atoms with Gasteiger partial charge in [-0.05, 0) is 30.4 Å². The van der Waals surface area contributed by atoms with Crippen molar-refractivity contribution >= 4 is 30.0 Å². The van der Waals surface area contributed by atoms with Gasteiger partial charge < -0.3 is 35.8 Å². The van der Waals surface area contributed by atoms with E-state index in [1.165, 1.54) is 0 Å². The molecule has 0 saturated carbocycles. The van der Waals surface area contributed by atoms with Gasteiger partial charge in [-0.3, -0.25) is 14.4 Å². The van der Waals surface area contributed by atoms with Crippen LogP contribution in [0, 0.1) is 0 Å². The molecule has 0 aliphatic carbocycles. The van der Waals surface area contributed by atoms with Gasteiger partial charge in [0.2, 0.25) is 11.8 Å². The molecule has 38 heavy (non-hydrogen) atoms. The van der Waals surface area contributed by atoms with Crippen LogP contribution in [0.5, 0.6) is 0 Å². The number of amides is 4. The lowest BCUT2D eigenvalue weighted by atomic mass is 10.1. The summed E-state index contributed by atoms with van der Waals surface area (Å²) in [7, 11) is 0. The molecule has 0 aromatic heterocycles. The summed E-state index contributed by atoms with van der Waals surface area (Å²) in [5, 5.41) is 18.2. The van der Waals surface area contributed by atoms with E-state index in [0.717, 1.165) is 11.1 Å². The highest BCUT2D eigenvalue weighted by Gasteiger charge is 2.22. The van der Waals surface area contributed by atoms with Crippen LogP contribution < -0.4 is 21.3 Å². The topological polar surface area (TPSA) is 172 Å². The molecule has 12 heteroatoms. The summed E-state index contributed by atoms with van der Waals surface area (Å²) in [6, 6.07) is 17.2. The fourth-order valence-electron chi connectivity index (χ4n) is 3.14. The van der Waals surface area contributed by atoms with Crippen LogP contribution in [0.1, 0.15) is 30.4 Å². The van der Waals surface area contributed by atoms with E-state index >= 15 is 0 Å².